The first-order valence-electron chi connectivity index (χ1n) is 6.99. The highest BCUT2D eigenvalue weighted by atomic mass is 16.5. The number of hydrogen-bond acceptors (Lipinski definition) is 4. The zero-order chi connectivity index (χ0) is 13.5. The van der Waals surface area contributed by atoms with E-state index in [1.165, 1.54) is 11.3 Å². The number of anilines is 1. The molecule has 1 aromatic rings. The molecule has 0 fully saturated rings. The summed E-state index contributed by atoms with van der Waals surface area (Å²) in [7, 11) is 1.72. The molecular formula is C15H24N2O2. The van der Waals surface area contributed by atoms with Crippen LogP contribution in [0.1, 0.15) is 24.4 Å². The maximum atomic E-state index is 6.15. The van der Waals surface area contributed by atoms with Crippen molar-refractivity contribution in [1.82, 2.24) is 0 Å². The Morgan fingerprint density at radius 2 is 2.11 bits per heavy atom. The monoisotopic (exact) mass is 264 g/mol. The average Bonchev–Trinajstić information content (AvgIpc) is 2.45. The number of hydrogen-bond donors (Lipinski definition) is 1. The standard InChI is InChI=1S/C15H24N2O2/c1-18-10-4-11-19-12-9-17-8-7-14(16)13-5-2-3-6-15(13)17/h2-3,5-6,14H,4,7-12,16H2,1H3. The molecule has 1 unspecified atom stereocenters. The van der Waals surface area contributed by atoms with Crippen LogP contribution in [0.15, 0.2) is 24.3 Å². The molecule has 1 aliphatic rings. The highest BCUT2D eigenvalue weighted by Gasteiger charge is 2.21. The second kappa shape index (κ2) is 7.48. The van der Waals surface area contributed by atoms with Gasteiger partial charge in [0.15, 0.2) is 0 Å². The van der Waals surface area contributed by atoms with E-state index in [9.17, 15) is 0 Å². The zero-order valence-corrected chi connectivity index (χ0v) is 11.7. The molecule has 1 atom stereocenters. The van der Waals surface area contributed by atoms with Gasteiger partial charge < -0.3 is 20.1 Å². The predicted molar refractivity (Wildman–Crippen MR) is 77.5 cm³/mol. The van der Waals surface area contributed by atoms with Crippen molar-refractivity contribution in [2.24, 2.45) is 5.73 Å². The quantitative estimate of drug-likeness (QED) is 0.765. The van der Waals surface area contributed by atoms with Gasteiger partial charge >= 0.3 is 0 Å². The minimum absolute atomic E-state index is 0.176. The lowest BCUT2D eigenvalue weighted by Gasteiger charge is -2.34. The molecule has 0 amide bonds. The van der Waals surface area contributed by atoms with Crippen LogP contribution in [0.4, 0.5) is 5.69 Å². The van der Waals surface area contributed by atoms with Crippen LogP contribution in [0.3, 0.4) is 0 Å². The summed E-state index contributed by atoms with van der Waals surface area (Å²) in [6.07, 6.45) is 1.97. The summed E-state index contributed by atoms with van der Waals surface area (Å²) in [5.74, 6) is 0. The zero-order valence-electron chi connectivity index (χ0n) is 11.7. The number of methoxy groups -OCH3 is 1. The first-order chi connectivity index (χ1) is 9.33. The van der Waals surface area contributed by atoms with Gasteiger partial charge in [-0.2, -0.15) is 0 Å². The van der Waals surface area contributed by atoms with Crippen molar-refractivity contribution in [2.45, 2.75) is 18.9 Å². The lowest BCUT2D eigenvalue weighted by molar-refractivity contribution is 0.107. The molecule has 0 spiro atoms. The molecule has 0 aromatic heterocycles. The fourth-order valence-electron chi connectivity index (χ4n) is 2.47. The molecule has 19 heavy (non-hydrogen) atoms. The molecule has 4 nitrogen and oxygen atoms in total. The third-order valence-electron chi connectivity index (χ3n) is 3.53. The summed E-state index contributed by atoms with van der Waals surface area (Å²) >= 11 is 0. The van der Waals surface area contributed by atoms with Crippen LogP contribution in [0, 0.1) is 0 Å². The molecule has 2 rings (SSSR count). The number of para-hydroxylation sites is 1. The van der Waals surface area contributed by atoms with E-state index in [0.717, 1.165) is 45.8 Å². The molecule has 0 saturated heterocycles. The van der Waals surface area contributed by atoms with Crippen molar-refractivity contribution in [2.75, 3.05) is 44.9 Å². The lowest BCUT2D eigenvalue weighted by atomic mass is 9.97. The topological polar surface area (TPSA) is 47.7 Å². The fourth-order valence-corrected chi connectivity index (χ4v) is 2.47. The van der Waals surface area contributed by atoms with Crippen LogP contribution in [0.5, 0.6) is 0 Å². The Balaban J connectivity index is 1.80. The average molecular weight is 264 g/mol. The SMILES string of the molecule is COCCCOCCN1CCC(N)c2ccccc21. The Bertz CT molecular complexity index is 384. The van der Waals surface area contributed by atoms with Gasteiger partial charge in [-0.05, 0) is 24.5 Å². The fraction of sp³-hybridized carbons (Fsp3) is 0.600. The number of nitrogens with zero attached hydrogens (tertiary/aromatic N) is 1. The van der Waals surface area contributed by atoms with Crippen LogP contribution >= 0.6 is 0 Å². The Morgan fingerprint density at radius 3 is 2.95 bits per heavy atom. The summed E-state index contributed by atoms with van der Waals surface area (Å²) in [5, 5.41) is 0. The van der Waals surface area contributed by atoms with Gasteiger partial charge in [-0.15, -0.1) is 0 Å². The van der Waals surface area contributed by atoms with Gasteiger partial charge in [-0.1, -0.05) is 18.2 Å². The normalized spacial score (nSPS) is 18.4. The third-order valence-corrected chi connectivity index (χ3v) is 3.53. The van der Waals surface area contributed by atoms with Gasteiger partial charge in [0.25, 0.3) is 0 Å². The lowest BCUT2D eigenvalue weighted by Crippen LogP contribution is -2.36. The summed E-state index contributed by atoms with van der Waals surface area (Å²) < 4.78 is 10.6. The van der Waals surface area contributed by atoms with Gasteiger partial charge in [-0.3, -0.25) is 0 Å². The Kier molecular flexibility index (Phi) is 5.63. The Labute approximate surface area is 115 Å². The number of rotatable bonds is 7. The van der Waals surface area contributed by atoms with E-state index in [0.29, 0.717) is 0 Å². The predicted octanol–water partition coefficient (Wildman–Crippen LogP) is 1.95. The van der Waals surface area contributed by atoms with E-state index in [4.69, 9.17) is 15.2 Å². The summed E-state index contributed by atoms with van der Waals surface area (Å²) in [6.45, 7) is 4.23. The van der Waals surface area contributed by atoms with Gasteiger partial charge in [-0.25, -0.2) is 0 Å². The maximum Gasteiger partial charge on any atom is 0.0641 e. The molecule has 0 saturated carbocycles. The number of benzene rings is 1. The van der Waals surface area contributed by atoms with Crippen molar-refractivity contribution in [3.63, 3.8) is 0 Å². The van der Waals surface area contributed by atoms with Crippen molar-refractivity contribution in [3.05, 3.63) is 29.8 Å². The smallest absolute Gasteiger partial charge is 0.0641 e. The third kappa shape index (κ3) is 3.93. The molecule has 0 radical (unpaired) electrons. The molecule has 1 aliphatic heterocycles. The van der Waals surface area contributed by atoms with Crippen LogP contribution in [0.2, 0.25) is 0 Å². The largest absolute Gasteiger partial charge is 0.385 e. The molecule has 2 N–H and O–H groups in total. The first-order valence-corrected chi connectivity index (χ1v) is 6.99. The number of ether oxygens (including phenoxy) is 2. The van der Waals surface area contributed by atoms with Crippen molar-refractivity contribution < 1.29 is 9.47 Å². The van der Waals surface area contributed by atoms with Crippen LogP contribution in [0.25, 0.3) is 0 Å². The Morgan fingerprint density at radius 1 is 1.26 bits per heavy atom. The minimum atomic E-state index is 0.176. The maximum absolute atomic E-state index is 6.15. The Hall–Kier alpha value is -1.10. The molecule has 1 heterocycles. The second-order valence-corrected chi connectivity index (χ2v) is 4.90. The van der Waals surface area contributed by atoms with Crippen molar-refractivity contribution in [3.8, 4) is 0 Å². The van der Waals surface area contributed by atoms with Crippen LogP contribution in [-0.2, 0) is 9.47 Å². The number of fused-ring (bicyclic) bond motifs is 1. The molecule has 4 heteroatoms. The first kappa shape index (κ1) is 14.3. The van der Waals surface area contributed by atoms with Gasteiger partial charge in [0.05, 0.1) is 6.61 Å². The highest BCUT2D eigenvalue weighted by Crippen LogP contribution is 2.31. The minimum Gasteiger partial charge on any atom is -0.385 e. The van der Waals surface area contributed by atoms with Crippen molar-refractivity contribution in [1.29, 1.82) is 0 Å². The van der Waals surface area contributed by atoms with Crippen LogP contribution < -0.4 is 10.6 Å². The van der Waals surface area contributed by atoms with E-state index in [-0.39, 0.29) is 6.04 Å². The van der Waals surface area contributed by atoms with E-state index in [2.05, 4.69) is 29.2 Å². The molecular weight excluding hydrogens is 240 g/mol. The van der Waals surface area contributed by atoms with E-state index in [1.54, 1.807) is 7.11 Å². The molecule has 0 bridgehead atoms. The number of nitrogens with two attached hydrogens (primary N) is 1. The van der Waals surface area contributed by atoms with E-state index >= 15 is 0 Å². The summed E-state index contributed by atoms with van der Waals surface area (Å²) in [6, 6.07) is 8.59. The molecule has 1 aromatic carbocycles. The van der Waals surface area contributed by atoms with Crippen LogP contribution in [-0.4, -0.2) is 40.0 Å². The molecule has 0 aliphatic carbocycles. The van der Waals surface area contributed by atoms with E-state index < -0.39 is 0 Å². The van der Waals surface area contributed by atoms with Gasteiger partial charge in [0, 0.05) is 45.1 Å². The van der Waals surface area contributed by atoms with Crippen molar-refractivity contribution >= 4 is 5.69 Å². The molecule has 106 valence electrons. The van der Waals surface area contributed by atoms with Gasteiger partial charge in [0.2, 0.25) is 0 Å². The second-order valence-electron chi connectivity index (χ2n) is 4.90. The van der Waals surface area contributed by atoms with E-state index in [1.807, 2.05) is 0 Å². The highest BCUT2D eigenvalue weighted by molar-refractivity contribution is 5.56. The van der Waals surface area contributed by atoms with Gasteiger partial charge in [0.1, 0.15) is 0 Å². The summed E-state index contributed by atoms with van der Waals surface area (Å²) in [5.41, 5.74) is 8.67. The summed E-state index contributed by atoms with van der Waals surface area (Å²) in [4.78, 5) is 2.37.